The number of carboxylic acids is 1. The minimum absolute atomic E-state index is 0.0197. The van der Waals surface area contributed by atoms with Gasteiger partial charge in [0.1, 0.15) is 17.1 Å². The summed E-state index contributed by atoms with van der Waals surface area (Å²) in [6.07, 6.45) is 0.918. The lowest BCUT2D eigenvalue weighted by atomic mass is 10.1. The number of carbonyl (C=O) groups excluding carboxylic acids is 1. The van der Waals surface area contributed by atoms with Gasteiger partial charge >= 0.3 is 5.97 Å². The monoisotopic (exact) mass is 578 g/mol. The molecule has 0 aliphatic carbocycles. The highest BCUT2D eigenvalue weighted by Crippen LogP contribution is 2.29. The normalized spacial score (nSPS) is 13.7. The molecule has 0 saturated carbocycles. The maximum absolute atomic E-state index is 15.4. The molecule has 11 nitrogen and oxygen atoms in total. The number of pyridine rings is 1. The summed E-state index contributed by atoms with van der Waals surface area (Å²) in [5.41, 5.74) is -1.79. The smallest absolute Gasteiger partial charge is 0.341 e. The Morgan fingerprint density at radius 2 is 1.64 bits per heavy atom. The van der Waals surface area contributed by atoms with Crippen LogP contribution in [0.25, 0.3) is 16.6 Å². The van der Waals surface area contributed by atoms with Crippen molar-refractivity contribution in [1.82, 2.24) is 9.47 Å². The number of halogens is 2. The lowest BCUT2D eigenvalue weighted by Crippen LogP contribution is -2.48. The van der Waals surface area contributed by atoms with E-state index in [4.69, 9.17) is 4.74 Å². The molecule has 0 spiro atoms. The summed E-state index contributed by atoms with van der Waals surface area (Å²) < 4.78 is 36.6. The number of methoxy groups -OCH3 is 1. The molecule has 13 heteroatoms. The summed E-state index contributed by atoms with van der Waals surface area (Å²) >= 11 is 0. The number of hydrogen-bond donors (Lipinski definition) is 1. The minimum atomic E-state index is -1.59. The van der Waals surface area contributed by atoms with Crippen LogP contribution in [0.2, 0.25) is 0 Å². The van der Waals surface area contributed by atoms with Crippen molar-refractivity contribution in [2.45, 2.75) is 0 Å². The van der Waals surface area contributed by atoms with Crippen molar-refractivity contribution in [2.24, 2.45) is 0 Å². The van der Waals surface area contributed by atoms with E-state index in [1.165, 1.54) is 13.2 Å². The van der Waals surface area contributed by atoms with E-state index in [9.17, 15) is 29.6 Å². The lowest BCUT2D eigenvalue weighted by Gasteiger charge is -2.36. The number of anilines is 1. The van der Waals surface area contributed by atoms with Crippen LogP contribution in [0.1, 0.15) is 20.7 Å². The number of rotatable bonds is 8. The molecular weight excluding hydrogens is 554 g/mol. The van der Waals surface area contributed by atoms with Crippen LogP contribution in [0.3, 0.4) is 0 Å². The number of nitro groups is 1. The summed E-state index contributed by atoms with van der Waals surface area (Å²) in [7, 11) is 1.54. The Hall–Kier alpha value is -5.17. The number of benzene rings is 3. The number of Topliss-reactive ketones (excluding diaryl/α,β-unsaturated/α-hetero) is 1. The van der Waals surface area contributed by atoms with Gasteiger partial charge in [0.2, 0.25) is 5.43 Å². The van der Waals surface area contributed by atoms with E-state index in [-0.39, 0.29) is 34.6 Å². The third-order valence-electron chi connectivity index (χ3n) is 7.20. The van der Waals surface area contributed by atoms with Crippen LogP contribution >= 0.6 is 0 Å². The number of hydrogen-bond acceptors (Lipinski definition) is 8. The summed E-state index contributed by atoms with van der Waals surface area (Å²) in [6, 6.07) is 11.8. The van der Waals surface area contributed by atoms with Gasteiger partial charge in [-0.2, -0.15) is 0 Å². The highest BCUT2D eigenvalue weighted by molar-refractivity contribution is 5.97. The molecule has 1 saturated heterocycles. The molecule has 1 fully saturated rings. The first-order chi connectivity index (χ1) is 20.1. The van der Waals surface area contributed by atoms with Crippen LogP contribution in [0.15, 0.2) is 65.6 Å². The highest BCUT2D eigenvalue weighted by atomic mass is 19.1. The zero-order chi connectivity index (χ0) is 30.1. The molecule has 4 aromatic rings. The SMILES string of the molecule is COc1ccc(C(=O)CN2CCN(c3cc4c(cc3F)c(=O)c(C(=O)O)cn4-c3ccc([N+](=O)[O-])cc3F)CC2)cc1. The summed E-state index contributed by atoms with van der Waals surface area (Å²) in [6.45, 7) is 1.70. The van der Waals surface area contributed by atoms with Crippen LogP contribution < -0.4 is 15.1 Å². The Morgan fingerprint density at radius 1 is 0.976 bits per heavy atom. The van der Waals surface area contributed by atoms with E-state index in [1.807, 2.05) is 4.90 Å². The molecule has 1 aromatic heterocycles. The topological polar surface area (TPSA) is 135 Å². The first-order valence-electron chi connectivity index (χ1n) is 12.8. The van der Waals surface area contributed by atoms with Crippen molar-refractivity contribution in [3.63, 3.8) is 0 Å². The van der Waals surface area contributed by atoms with Crippen molar-refractivity contribution in [1.29, 1.82) is 0 Å². The fourth-order valence-electron chi connectivity index (χ4n) is 4.95. The Bertz CT molecular complexity index is 1780. The number of ether oxygens (including phenoxy) is 1. The molecule has 0 radical (unpaired) electrons. The fraction of sp³-hybridized carbons (Fsp3) is 0.207. The number of piperazine rings is 1. The number of aromatic carboxylic acids is 1. The summed E-state index contributed by atoms with van der Waals surface area (Å²) in [5, 5.41) is 20.3. The largest absolute Gasteiger partial charge is 0.497 e. The second-order valence-electron chi connectivity index (χ2n) is 9.68. The van der Waals surface area contributed by atoms with E-state index in [2.05, 4.69) is 0 Å². The van der Waals surface area contributed by atoms with E-state index in [0.717, 1.165) is 29.0 Å². The Labute approximate surface area is 236 Å². The van der Waals surface area contributed by atoms with Gasteiger partial charge in [-0.3, -0.25) is 24.6 Å². The first kappa shape index (κ1) is 28.4. The molecule has 1 aliphatic rings. The number of nitro benzene ring substituents is 1. The van der Waals surface area contributed by atoms with Crippen LogP contribution in [0.5, 0.6) is 5.75 Å². The van der Waals surface area contributed by atoms with Crippen molar-refractivity contribution < 1.29 is 33.1 Å². The minimum Gasteiger partial charge on any atom is -0.497 e. The molecule has 42 heavy (non-hydrogen) atoms. The first-order valence-corrected chi connectivity index (χ1v) is 12.8. The van der Waals surface area contributed by atoms with E-state index in [0.29, 0.717) is 43.6 Å². The average Bonchev–Trinajstić information content (AvgIpc) is 2.98. The molecular formula is C29H24F2N4O7. The second kappa shape index (κ2) is 11.4. The number of aromatic nitrogens is 1. The van der Waals surface area contributed by atoms with Crippen LogP contribution in [-0.4, -0.2) is 71.1 Å². The molecule has 216 valence electrons. The van der Waals surface area contributed by atoms with Gasteiger partial charge < -0.3 is 19.3 Å². The number of fused-ring (bicyclic) bond motifs is 1. The Morgan fingerprint density at radius 3 is 2.24 bits per heavy atom. The average molecular weight is 579 g/mol. The molecule has 1 N–H and O–H groups in total. The molecule has 0 amide bonds. The van der Waals surface area contributed by atoms with E-state index >= 15 is 8.78 Å². The second-order valence-corrected chi connectivity index (χ2v) is 9.68. The van der Waals surface area contributed by atoms with E-state index < -0.39 is 39.2 Å². The van der Waals surface area contributed by atoms with Gasteiger partial charge in [0.15, 0.2) is 11.6 Å². The molecule has 0 atom stereocenters. The van der Waals surface area contributed by atoms with Crippen molar-refractivity contribution in [2.75, 3.05) is 44.7 Å². The van der Waals surface area contributed by atoms with E-state index in [1.54, 1.807) is 29.2 Å². The Kier molecular flexibility index (Phi) is 7.68. The molecule has 0 unspecified atom stereocenters. The number of carbonyl (C=O) groups is 2. The highest BCUT2D eigenvalue weighted by Gasteiger charge is 2.25. The third-order valence-corrected chi connectivity index (χ3v) is 7.20. The predicted molar refractivity (Wildman–Crippen MR) is 149 cm³/mol. The third kappa shape index (κ3) is 5.41. The van der Waals surface area contributed by atoms with Crippen LogP contribution in [0, 0.1) is 21.7 Å². The predicted octanol–water partition coefficient (Wildman–Crippen LogP) is 3.89. The van der Waals surface area contributed by atoms with Crippen LogP contribution in [0.4, 0.5) is 20.2 Å². The fourth-order valence-corrected chi connectivity index (χ4v) is 4.95. The zero-order valence-corrected chi connectivity index (χ0v) is 22.3. The van der Waals surface area contributed by atoms with Crippen molar-refractivity contribution in [3.8, 4) is 11.4 Å². The quantitative estimate of drug-likeness (QED) is 0.188. The Balaban J connectivity index is 1.45. The van der Waals surface area contributed by atoms with Crippen molar-refractivity contribution in [3.05, 3.63) is 104 Å². The van der Waals surface area contributed by atoms with Gasteiger partial charge in [0.05, 0.1) is 41.5 Å². The molecule has 5 rings (SSSR count). The van der Waals surface area contributed by atoms with Crippen LogP contribution in [-0.2, 0) is 0 Å². The van der Waals surface area contributed by atoms with Gasteiger partial charge in [-0.1, -0.05) is 0 Å². The molecule has 2 heterocycles. The maximum atomic E-state index is 15.4. The number of ketones is 1. The number of nitrogens with zero attached hydrogens (tertiary/aromatic N) is 4. The standard InChI is InChI=1S/C29H24F2N4O7/c1-42-19-5-2-17(3-6-19)27(36)16-32-8-10-33(11-9-32)26-14-25-20(13-23(26)31)28(37)21(29(38)39)15-34(25)24-7-4-18(35(40)41)12-22(24)30/h2-7,12-15H,8-11,16H2,1H3,(H,38,39). The maximum Gasteiger partial charge on any atom is 0.341 e. The molecule has 3 aromatic carbocycles. The number of non-ortho nitro benzene ring substituents is 1. The summed E-state index contributed by atoms with van der Waals surface area (Å²) in [5.74, 6) is -2.85. The van der Waals surface area contributed by atoms with Gasteiger partial charge in [-0.25, -0.2) is 13.6 Å². The zero-order valence-electron chi connectivity index (χ0n) is 22.3. The lowest BCUT2D eigenvalue weighted by molar-refractivity contribution is -0.385. The number of carboxylic acid groups (broad SMARTS) is 1. The molecule has 1 aliphatic heterocycles. The molecule has 0 bridgehead atoms. The summed E-state index contributed by atoms with van der Waals surface area (Å²) in [4.78, 5) is 51.4. The van der Waals surface area contributed by atoms with Gasteiger partial charge in [0, 0.05) is 49.4 Å². The van der Waals surface area contributed by atoms with Crippen molar-refractivity contribution >= 4 is 34.0 Å². The van der Waals surface area contributed by atoms with Gasteiger partial charge in [-0.15, -0.1) is 0 Å². The van der Waals surface area contributed by atoms with Gasteiger partial charge in [0.25, 0.3) is 5.69 Å². The van der Waals surface area contributed by atoms with Gasteiger partial charge in [-0.05, 0) is 42.5 Å².